The number of halogens is 1. The number of urea groups is 1. The summed E-state index contributed by atoms with van der Waals surface area (Å²) >= 11 is 7.93. The number of methoxy groups -OCH3 is 1. The number of hydrogen-bond acceptors (Lipinski definition) is 8. The van der Waals surface area contributed by atoms with Crippen LogP contribution in [0, 0.1) is 0 Å². The lowest BCUT2D eigenvalue weighted by atomic mass is 10.2. The number of aromatic nitrogens is 3. The number of carbonyl (C=O) groups is 2. The van der Waals surface area contributed by atoms with Crippen LogP contribution >= 0.6 is 22.9 Å². The number of imide groups is 1. The van der Waals surface area contributed by atoms with Gasteiger partial charge in [0.05, 0.1) is 30.4 Å². The second-order valence-corrected chi connectivity index (χ2v) is 9.53. The summed E-state index contributed by atoms with van der Waals surface area (Å²) in [5.74, 6) is 1.09. The largest absolute Gasteiger partial charge is 0.497 e. The number of hydrogen-bond donors (Lipinski definition) is 0. The molecule has 176 valence electrons. The van der Waals surface area contributed by atoms with E-state index in [1.807, 2.05) is 24.3 Å². The molecule has 2 fully saturated rings. The zero-order valence-electron chi connectivity index (χ0n) is 18.7. The van der Waals surface area contributed by atoms with Crippen LogP contribution in [0.5, 0.6) is 11.5 Å². The molecule has 1 saturated carbocycles. The fourth-order valence-electron chi connectivity index (χ4n) is 4.00. The van der Waals surface area contributed by atoms with E-state index in [-0.39, 0.29) is 18.5 Å². The third-order valence-electron chi connectivity index (χ3n) is 6.05. The molecule has 3 aromatic rings. The van der Waals surface area contributed by atoms with Crippen LogP contribution in [-0.2, 0) is 17.9 Å². The minimum atomic E-state index is -0.701. The lowest BCUT2D eigenvalue weighted by molar-refractivity contribution is -0.129. The molecule has 3 heterocycles. The topological polar surface area (TPSA) is 97.8 Å². The number of amides is 3. The molecule has 1 aliphatic carbocycles. The fourth-order valence-corrected chi connectivity index (χ4v) is 5.14. The molecule has 0 bridgehead atoms. The standard InChI is InChI=1S/C23H22ClN5O4S/c1-3-28-21(30)23(8-9-23)29(22(28)31)12-18-26-27-20(34-18)16-10-25-11-17(19(16)24)33-13-14-4-6-15(32-2)7-5-14/h4-7,10-11H,3,8-9,12-13H2,1-2H3. The number of ether oxygens (including phenoxy) is 2. The number of benzene rings is 1. The van der Waals surface area contributed by atoms with E-state index in [1.54, 1.807) is 31.3 Å². The molecule has 2 aliphatic rings. The van der Waals surface area contributed by atoms with Crippen molar-refractivity contribution < 1.29 is 19.1 Å². The molecule has 2 aromatic heterocycles. The van der Waals surface area contributed by atoms with Gasteiger partial charge in [-0.25, -0.2) is 4.79 Å². The Morgan fingerprint density at radius 3 is 2.59 bits per heavy atom. The monoisotopic (exact) mass is 499 g/mol. The third kappa shape index (κ3) is 3.86. The molecule has 9 nitrogen and oxygen atoms in total. The average molecular weight is 500 g/mol. The molecule has 0 N–H and O–H groups in total. The van der Waals surface area contributed by atoms with E-state index in [0.717, 1.165) is 11.3 Å². The van der Waals surface area contributed by atoms with E-state index in [4.69, 9.17) is 21.1 Å². The van der Waals surface area contributed by atoms with Gasteiger partial charge >= 0.3 is 6.03 Å². The maximum absolute atomic E-state index is 12.7. The normalized spacial score (nSPS) is 16.4. The summed E-state index contributed by atoms with van der Waals surface area (Å²) in [7, 11) is 1.62. The van der Waals surface area contributed by atoms with Crippen molar-refractivity contribution in [3.05, 3.63) is 52.3 Å². The summed E-state index contributed by atoms with van der Waals surface area (Å²) < 4.78 is 11.1. The predicted octanol–water partition coefficient (Wildman–Crippen LogP) is 4.16. The van der Waals surface area contributed by atoms with Gasteiger partial charge in [0.25, 0.3) is 5.91 Å². The smallest absolute Gasteiger partial charge is 0.328 e. The van der Waals surface area contributed by atoms with Gasteiger partial charge < -0.3 is 14.4 Å². The molecule has 1 aromatic carbocycles. The highest BCUT2D eigenvalue weighted by atomic mass is 35.5. The Bertz CT molecular complexity index is 1240. The van der Waals surface area contributed by atoms with Crippen LogP contribution in [0.4, 0.5) is 4.79 Å². The zero-order chi connectivity index (χ0) is 23.9. The van der Waals surface area contributed by atoms with Crippen molar-refractivity contribution in [3.8, 4) is 22.1 Å². The van der Waals surface area contributed by atoms with Gasteiger partial charge in [-0.1, -0.05) is 35.1 Å². The summed E-state index contributed by atoms with van der Waals surface area (Å²) in [6.45, 7) is 2.72. The van der Waals surface area contributed by atoms with E-state index >= 15 is 0 Å². The van der Waals surface area contributed by atoms with E-state index in [1.165, 1.54) is 16.2 Å². The molecule has 0 atom stereocenters. The van der Waals surface area contributed by atoms with Crippen molar-refractivity contribution in [2.24, 2.45) is 0 Å². The molecule has 34 heavy (non-hydrogen) atoms. The van der Waals surface area contributed by atoms with Crippen molar-refractivity contribution >= 4 is 34.9 Å². The Balaban J connectivity index is 1.31. The highest BCUT2D eigenvalue weighted by Crippen LogP contribution is 2.49. The maximum Gasteiger partial charge on any atom is 0.328 e. The number of rotatable bonds is 8. The first kappa shape index (κ1) is 22.5. The first-order chi connectivity index (χ1) is 16.5. The molecule has 11 heteroatoms. The summed E-state index contributed by atoms with van der Waals surface area (Å²) in [6, 6.07) is 7.29. The Morgan fingerprint density at radius 2 is 1.91 bits per heavy atom. The molecular weight excluding hydrogens is 478 g/mol. The highest BCUT2D eigenvalue weighted by Gasteiger charge is 2.64. The fraction of sp³-hybridized carbons (Fsp3) is 0.348. The van der Waals surface area contributed by atoms with Crippen LogP contribution in [0.1, 0.15) is 30.3 Å². The summed E-state index contributed by atoms with van der Waals surface area (Å²) in [6.07, 6.45) is 4.53. The predicted molar refractivity (Wildman–Crippen MR) is 126 cm³/mol. The van der Waals surface area contributed by atoms with Gasteiger partial charge in [-0.15, -0.1) is 10.2 Å². The summed E-state index contributed by atoms with van der Waals surface area (Å²) in [5.41, 5.74) is 0.853. The van der Waals surface area contributed by atoms with Crippen molar-refractivity contribution in [1.29, 1.82) is 0 Å². The Morgan fingerprint density at radius 1 is 1.15 bits per heavy atom. The minimum Gasteiger partial charge on any atom is -0.497 e. The van der Waals surface area contributed by atoms with Crippen molar-refractivity contribution in [1.82, 2.24) is 25.0 Å². The van der Waals surface area contributed by atoms with Gasteiger partial charge in [0.2, 0.25) is 0 Å². The molecule has 1 aliphatic heterocycles. The number of likely N-dealkylation sites (N-methyl/N-ethyl adjacent to an activating group) is 1. The quantitative estimate of drug-likeness (QED) is 0.429. The molecular formula is C23H22ClN5O4S. The SMILES string of the molecule is CCN1C(=O)N(Cc2nnc(-c3cncc(OCc4ccc(OC)cc4)c3Cl)s2)C2(CC2)C1=O. The van der Waals surface area contributed by atoms with Gasteiger partial charge in [-0.2, -0.15) is 0 Å². The first-order valence-electron chi connectivity index (χ1n) is 10.8. The third-order valence-corrected chi connectivity index (χ3v) is 7.38. The molecule has 1 saturated heterocycles. The van der Waals surface area contributed by atoms with Gasteiger partial charge in [0, 0.05) is 12.7 Å². The maximum atomic E-state index is 12.7. The Kier molecular flexibility index (Phi) is 5.86. The van der Waals surface area contributed by atoms with Crippen LogP contribution in [0.15, 0.2) is 36.7 Å². The van der Waals surface area contributed by atoms with Gasteiger partial charge in [0.1, 0.15) is 22.9 Å². The van der Waals surface area contributed by atoms with Gasteiger partial charge in [-0.3, -0.25) is 14.7 Å². The zero-order valence-corrected chi connectivity index (χ0v) is 20.2. The molecule has 1 spiro atoms. The van der Waals surface area contributed by atoms with Crippen LogP contribution in [-0.4, -0.2) is 56.1 Å². The van der Waals surface area contributed by atoms with Crippen LogP contribution in [0.2, 0.25) is 5.02 Å². The summed E-state index contributed by atoms with van der Waals surface area (Å²) in [4.78, 5) is 32.5. The van der Waals surface area contributed by atoms with E-state index < -0.39 is 5.54 Å². The van der Waals surface area contributed by atoms with Crippen molar-refractivity contribution in [2.75, 3.05) is 13.7 Å². The number of pyridine rings is 1. The minimum absolute atomic E-state index is 0.112. The highest BCUT2D eigenvalue weighted by molar-refractivity contribution is 7.14. The van der Waals surface area contributed by atoms with Crippen molar-refractivity contribution in [2.45, 2.75) is 38.5 Å². The molecule has 5 rings (SSSR count). The first-order valence-corrected chi connectivity index (χ1v) is 12.0. The molecule has 3 amide bonds. The molecule has 0 unspecified atom stereocenters. The molecule has 0 radical (unpaired) electrons. The van der Waals surface area contributed by atoms with Gasteiger partial charge in [0.15, 0.2) is 10.8 Å². The van der Waals surface area contributed by atoms with Crippen LogP contribution in [0.25, 0.3) is 10.6 Å². The van der Waals surface area contributed by atoms with Crippen molar-refractivity contribution in [3.63, 3.8) is 0 Å². The van der Waals surface area contributed by atoms with E-state index in [2.05, 4.69) is 15.2 Å². The Labute approximate surface area is 205 Å². The van der Waals surface area contributed by atoms with Crippen LogP contribution < -0.4 is 9.47 Å². The summed E-state index contributed by atoms with van der Waals surface area (Å²) in [5, 5.41) is 10.1. The second kappa shape index (κ2) is 8.84. The lowest BCUT2D eigenvalue weighted by Gasteiger charge is -2.19. The number of carbonyl (C=O) groups excluding carboxylic acids is 2. The van der Waals surface area contributed by atoms with E-state index in [0.29, 0.717) is 52.3 Å². The second-order valence-electron chi connectivity index (χ2n) is 8.09. The van der Waals surface area contributed by atoms with Gasteiger partial charge in [-0.05, 0) is 37.5 Å². The lowest BCUT2D eigenvalue weighted by Crippen LogP contribution is -2.36. The van der Waals surface area contributed by atoms with E-state index in [9.17, 15) is 9.59 Å². The average Bonchev–Trinajstić information content (AvgIpc) is 3.48. The Hall–Kier alpha value is -3.24. The number of nitrogens with zero attached hydrogens (tertiary/aromatic N) is 5. The van der Waals surface area contributed by atoms with Crippen LogP contribution in [0.3, 0.4) is 0 Å².